The molecule has 4 N–H and O–H groups in total. The Kier molecular flexibility index (Phi) is 6.23. The Morgan fingerprint density at radius 2 is 2.10 bits per heavy atom. The Labute approximate surface area is 117 Å². The van der Waals surface area contributed by atoms with E-state index in [4.69, 9.17) is 10.2 Å². The Balaban J connectivity index is 2.57. The molecule has 8 heteroatoms. The molecule has 0 radical (unpaired) electrons. The zero-order chi connectivity index (χ0) is 15.1. The van der Waals surface area contributed by atoms with Crippen molar-refractivity contribution in [3.63, 3.8) is 0 Å². The van der Waals surface area contributed by atoms with Gasteiger partial charge in [-0.25, -0.2) is 9.59 Å². The molecule has 8 nitrogen and oxygen atoms in total. The van der Waals surface area contributed by atoms with Crippen molar-refractivity contribution in [1.82, 2.24) is 15.5 Å². The quantitative estimate of drug-likeness (QED) is 0.516. The maximum Gasteiger partial charge on any atom is 0.326 e. The monoisotopic (exact) mass is 287 g/mol. The summed E-state index contributed by atoms with van der Waals surface area (Å²) in [6.45, 7) is 0.444. The van der Waals surface area contributed by atoms with Crippen LogP contribution in [0.4, 0.5) is 4.79 Å². The molecule has 3 amide bonds. The third-order valence-electron chi connectivity index (χ3n) is 3.34. The normalized spacial score (nSPS) is 20.1. The van der Waals surface area contributed by atoms with E-state index < -0.39 is 18.0 Å². The van der Waals surface area contributed by atoms with Crippen LogP contribution in [0.1, 0.15) is 19.3 Å². The second kappa shape index (κ2) is 7.68. The lowest BCUT2D eigenvalue weighted by Crippen LogP contribution is -2.52. The SMILES string of the molecule is CNC(=O)C1CCCN(C(=O)N[C@H](CCO)C(=O)O)C1. The number of hydrogen-bond donors (Lipinski definition) is 4. The number of rotatable bonds is 5. The summed E-state index contributed by atoms with van der Waals surface area (Å²) in [4.78, 5) is 35.9. The molecule has 0 aliphatic carbocycles. The average Bonchev–Trinajstić information content (AvgIpc) is 2.45. The smallest absolute Gasteiger partial charge is 0.326 e. The Bertz CT molecular complexity index is 374. The summed E-state index contributed by atoms with van der Waals surface area (Å²) < 4.78 is 0. The second-order valence-electron chi connectivity index (χ2n) is 4.75. The molecule has 0 aromatic rings. The molecule has 114 valence electrons. The van der Waals surface area contributed by atoms with Crippen molar-refractivity contribution in [3.05, 3.63) is 0 Å². The molecule has 1 aliphatic rings. The summed E-state index contributed by atoms with van der Waals surface area (Å²) in [7, 11) is 1.54. The van der Waals surface area contributed by atoms with Crippen molar-refractivity contribution < 1.29 is 24.6 Å². The molecule has 0 aromatic carbocycles. The molecule has 0 saturated carbocycles. The van der Waals surface area contributed by atoms with Crippen LogP contribution in [0.3, 0.4) is 0 Å². The van der Waals surface area contributed by atoms with E-state index in [0.29, 0.717) is 19.4 Å². The molecule has 0 aromatic heterocycles. The number of carboxylic acids is 1. The first-order chi connectivity index (χ1) is 9.49. The third kappa shape index (κ3) is 4.37. The topological polar surface area (TPSA) is 119 Å². The zero-order valence-corrected chi connectivity index (χ0v) is 11.5. The van der Waals surface area contributed by atoms with Gasteiger partial charge in [0.2, 0.25) is 5.91 Å². The van der Waals surface area contributed by atoms with Crippen LogP contribution in [0.15, 0.2) is 0 Å². The number of carboxylic acid groups (broad SMARTS) is 1. The first-order valence-electron chi connectivity index (χ1n) is 6.60. The summed E-state index contributed by atoms with van der Waals surface area (Å²) in [5, 5.41) is 22.6. The lowest BCUT2D eigenvalue weighted by Gasteiger charge is -2.32. The number of aliphatic hydroxyl groups excluding tert-OH is 1. The van der Waals surface area contributed by atoms with Gasteiger partial charge in [0, 0.05) is 33.2 Å². The van der Waals surface area contributed by atoms with E-state index in [1.807, 2.05) is 0 Å². The fourth-order valence-corrected chi connectivity index (χ4v) is 2.21. The van der Waals surface area contributed by atoms with E-state index in [1.165, 1.54) is 4.90 Å². The Morgan fingerprint density at radius 3 is 2.65 bits per heavy atom. The van der Waals surface area contributed by atoms with Crippen molar-refractivity contribution in [2.75, 3.05) is 26.7 Å². The Hall–Kier alpha value is -1.83. The molecular weight excluding hydrogens is 266 g/mol. The summed E-state index contributed by atoms with van der Waals surface area (Å²) in [5.41, 5.74) is 0. The third-order valence-corrected chi connectivity index (χ3v) is 3.34. The molecule has 1 heterocycles. The first kappa shape index (κ1) is 16.2. The van der Waals surface area contributed by atoms with Gasteiger partial charge >= 0.3 is 12.0 Å². The van der Waals surface area contributed by atoms with Crippen LogP contribution in [0.2, 0.25) is 0 Å². The van der Waals surface area contributed by atoms with Gasteiger partial charge in [0.15, 0.2) is 0 Å². The van der Waals surface area contributed by atoms with Crippen LogP contribution in [0, 0.1) is 5.92 Å². The van der Waals surface area contributed by atoms with Crippen molar-refractivity contribution in [2.24, 2.45) is 5.92 Å². The number of aliphatic hydroxyl groups is 1. The van der Waals surface area contributed by atoms with E-state index >= 15 is 0 Å². The fraction of sp³-hybridized carbons (Fsp3) is 0.750. The number of nitrogens with zero attached hydrogens (tertiary/aromatic N) is 1. The molecule has 1 unspecified atom stereocenters. The van der Waals surface area contributed by atoms with E-state index in [9.17, 15) is 14.4 Å². The number of carbonyl (C=O) groups excluding carboxylic acids is 2. The number of amides is 3. The highest BCUT2D eigenvalue weighted by Gasteiger charge is 2.29. The van der Waals surface area contributed by atoms with Crippen LogP contribution in [0.25, 0.3) is 0 Å². The number of nitrogens with one attached hydrogen (secondary N) is 2. The number of carbonyl (C=O) groups is 3. The molecule has 0 spiro atoms. The highest BCUT2D eigenvalue weighted by molar-refractivity contribution is 5.84. The van der Waals surface area contributed by atoms with Crippen molar-refractivity contribution in [2.45, 2.75) is 25.3 Å². The maximum atomic E-state index is 12.0. The summed E-state index contributed by atoms with van der Waals surface area (Å²) in [6, 6.07) is -1.63. The van der Waals surface area contributed by atoms with Gasteiger partial charge < -0.3 is 25.7 Å². The highest BCUT2D eigenvalue weighted by Crippen LogP contribution is 2.16. The van der Waals surface area contributed by atoms with Crippen LogP contribution < -0.4 is 10.6 Å². The lowest BCUT2D eigenvalue weighted by molar-refractivity contribution is -0.139. The predicted molar refractivity (Wildman–Crippen MR) is 70.0 cm³/mol. The van der Waals surface area contributed by atoms with Gasteiger partial charge in [-0.3, -0.25) is 4.79 Å². The molecule has 1 fully saturated rings. The fourth-order valence-electron chi connectivity index (χ4n) is 2.21. The van der Waals surface area contributed by atoms with Crippen LogP contribution in [-0.2, 0) is 9.59 Å². The van der Waals surface area contributed by atoms with Gasteiger partial charge in [-0.15, -0.1) is 0 Å². The minimum absolute atomic E-state index is 0.0478. The van der Waals surface area contributed by atoms with Gasteiger partial charge in [0.25, 0.3) is 0 Å². The molecule has 1 rings (SSSR count). The number of urea groups is 1. The predicted octanol–water partition coefficient (Wildman–Crippen LogP) is -1.01. The number of aliphatic carboxylic acids is 1. The molecule has 1 saturated heterocycles. The molecule has 20 heavy (non-hydrogen) atoms. The van der Waals surface area contributed by atoms with Gasteiger partial charge in [-0.2, -0.15) is 0 Å². The minimum atomic E-state index is -1.19. The van der Waals surface area contributed by atoms with Crippen LogP contribution >= 0.6 is 0 Å². The zero-order valence-electron chi connectivity index (χ0n) is 11.5. The standard InChI is InChI=1S/C12H21N3O5/c1-13-10(17)8-3-2-5-15(7-8)12(20)14-9(4-6-16)11(18)19/h8-9,16H,2-7H2,1H3,(H,13,17)(H,14,20)(H,18,19)/t8?,9-/m1/s1. The van der Waals surface area contributed by atoms with Gasteiger partial charge in [0.1, 0.15) is 6.04 Å². The second-order valence-corrected chi connectivity index (χ2v) is 4.75. The molecule has 2 atom stereocenters. The molecular formula is C12H21N3O5. The van der Waals surface area contributed by atoms with E-state index in [-0.39, 0.29) is 31.4 Å². The maximum absolute atomic E-state index is 12.0. The first-order valence-corrected chi connectivity index (χ1v) is 6.60. The minimum Gasteiger partial charge on any atom is -0.480 e. The number of hydrogen-bond acceptors (Lipinski definition) is 4. The lowest BCUT2D eigenvalue weighted by atomic mass is 9.97. The Morgan fingerprint density at radius 1 is 1.40 bits per heavy atom. The summed E-state index contributed by atoms with van der Waals surface area (Å²) >= 11 is 0. The van der Waals surface area contributed by atoms with Crippen LogP contribution in [-0.4, -0.2) is 65.8 Å². The van der Waals surface area contributed by atoms with Crippen molar-refractivity contribution in [3.8, 4) is 0 Å². The van der Waals surface area contributed by atoms with Gasteiger partial charge in [-0.05, 0) is 12.8 Å². The number of likely N-dealkylation sites (tertiary alicyclic amines) is 1. The largest absolute Gasteiger partial charge is 0.480 e. The summed E-state index contributed by atoms with van der Waals surface area (Å²) in [5.74, 6) is -1.57. The van der Waals surface area contributed by atoms with Crippen LogP contribution in [0.5, 0.6) is 0 Å². The van der Waals surface area contributed by atoms with E-state index in [1.54, 1.807) is 7.05 Å². The molecule has 1 aliphatic heterocycles. The van der Waals surface area contributed by atoms with Crippen molar-refractivity contribution >= 4 is 17.9 Å². The highest BCUT2D eigenvalue weighted by atomic mass is 16.4. The van der Waals surface area contributed by atoms with Crippen molar-refractivity contribution in [1.29, 1.82) is 0 Å². The molecule has 0 bridgehead atoms. The van der Waals surface area contributed by atoms with Gasteiger partial charge in [-0.1, -0.05) is 0 Å². The summed E-state index contributed by atoms with van der Waals surface area (Å²) in [6.07, 6.45) is 1.36. The number of piperidine rings is 1. The van der Waals surface area contributed by atoms with Gasteiger partial charge in [0.05, 0.1) is 5.92 Å². The van der Waals surface area contributed by atoms with E-state index in [0.717, 1.165) is 0 Å². The average molecular weight is 287 g/mol. The van der Waals surface area contributed by atoms with E-state index in [2.05, 4.69) is 10.6 Å².